The second-order valence-corrected chi connectivity index (χ2v) is 6.76. The van der Waals surface area contributed by atoms with E-state index in [1.165, 1.54) is 0 Å². The Kier molecular flexibility index (Phi) is 15.0. The van der Waals surface area contributed by atoms with Gasteiger partial charge in [-0.05, 0) is 25.7 Å². The van der Waals surface area contributed by atoms with Crippen molar-refractivity contribution in [3.63, 3.8) is 0 Å². The molecule has 0 radical (unpaired) electrons. The summed E-state index contributed by atoms with van der Waals surface area (Å²) >= 11 is 0. The molecule has 0 N–H and O–H groups in total. The molecule has 0 unspecified atom stereocenters. The molecule has 0 aromatic heterocycles. The van der Waals surface area contributed by atoms with Gasteiger partial charge in [0.15, 0.2) is 24.6 Å². The molecule has 9 nitrogen and oxygen atoms in total. The van der Waals surface area contributed by atoms with Gasteiger partial charge in [0.1, 0.15) is 6.61 Å². The lowest BCUT2D eigenvalue weighted by atomic mass is 10.1. The fourth-order valence-electron chi connectivity index (χ4n) is 2.44. The van der Waals surface area contributed by atoms with Gasteiger partial charge in [-0.2, -0.15) is 0 Å². The molecule has 0 amide bonds. The average Bonchev–Trinajstić information content (AvgIpc) is 2.68. The highest BCUT2D eigenvalue weighted by atomic mass is 16.6. The zero-order valence-electron chi connectivity index (χ0n) is 18.3. The molecule has 0 heterocycles. The van der Waals surface area contributed by atoms with Crippen LogP contribution in [0.3, 0.4) is 0 Å². The van der Waals surface area contributed by atoms with Crippen LogP contribution in [-0.2, 0) is 42.9 Å². The van der Waals surface area contributed by atoms with Crippen molar-refractivity contribution in [2.75, 3.05) is 6.61 Å². The molecule has 0 spiro atoms. The number of rotatable bonds is 16. The summed E-state index contributed by atoms with van der Waals surface area (Å²) in [6, 6.07) is 0. The van der Waals surface area contributed by atoms with Crippen molar-refractivity contribution in [2.24, 2.45) is 0 Å². The molecule has 0 bridgehead atoms. The van der Waals surface area contributed by atoms with E-state index >= 15 is 0 Å². The van der Waals surface area contributed by atoms with Crippen molar-refractivity contribution in [2.45, 2.75) is 97.4 Å². The van der Waals surface area contributed by atoms with Crippen LogP contribution in [0.15, 0.2) is 0 Å². The van der Waals surface area contributed by atoms with Crippen molar-refractivity contribution in [3.8, 4) is 0 Å². The Morgan fingerprint density at radius 3 is 1.57 bits per heavy atom. The maximum absolute atomic E-state index is 12.1. The zero-order chi connectivity index (χ0) is 22.9. The first-order valence-electron chi connectivity index (χ1n) is 10.5. The Morgan fingerprint density at radius 2 is 1.10 bits per heavy atom. The molecule has 0 rings (SSSR count). The lowest BCUT2D eigenvalue weighted by Gasteiger charge is -2.30. The summed E-state index contributed by atoms with van der Waals surface area (Å²) < 4.78 is 21.0. The van der Waals surface area contributed by atoms with Gasteiger partial charge in [-0.3, -0.25) is 24.0 Å². The Bertz CT molecular complexity index is 559. The molecular weight excluding hydrogens is 396 g/mol. The first-order chi connectivity index (χ1) is 14.3. The van der Waals surface area contributed by atoms with Gasteiger partial charge in [0.05, 0.1) is 0 Å². The van der Waals surface area contributed by atoms with Gasteiger partial charge in [0.2, 0.25) is 0 Å². The second-order valence-electron chi connectivity index (χ2n) is 6.76. The highest BCUT2D eigenvalue weighted by Crippen LogP contribution is 2.16. The first-order valence-corrected chi connectivity index (χ1v) is 10.5. The van der Waals surface area contributed by atoms with E-state index in [1.54, 1.807) is 27.7 Å². The van der Waals surface area contributed by atoms with Gasteiger partial charge in [-0.1, -0.05) is 27.7 Å². The van der Waals surface area contributed by atoms with Gasteiger partial charge in [0, 0.05) is 25.7 Å². The van der Waals surface area contributed by atoms with Gasteiger partial charge in [-0.25, -0.2) is 0 Å². The summed E-state index contributed by atoms with van der Waals surface area (Å²) in [7, 11) is 0. The topological polar surface area (TPSA) is 122 Å². The lowest BCUT2D eigenvalue weighted by molar-refractivity contribution is -0.191. The van der Waals surface area contributed by atoms with E-state index in [9.17, 15) is 24.0 Å². The van der Waals surface area contributed by atoms with E-state index in [0.29, 0.717) is 32.0 Å². The van der Waals surface area contributed by atoms with Gasteiger partial charge < -0.3 is 18.9 Å². The molecule has 0 aliphatic heterocycles. The predicted octanol–water partition coefficient (Wildman–Crippen LogP) is 2.66. The van der Waals surface area contributed by atoms with Gasteiger partial charge >= 0.3 is 23.9 Å². The van der Waals surface area contributed by atoms with Crippen LogP contribution in [0.5, 0.6) is 0 Å². The molecule has 0 aromatic carbocycles. The standard InChI is InChI=1S/C21H34O9/c1-5-9-17(23)27-14-16(29-19(25)11-7-3)21(30-20(26)12-8-4)15(13-22)28-18(24)10-6-2/h13,15-16,21H,5-12,14H2,1-4H3/t15-,16+,21+/m0/s1. The summed E-state index contributed by atoms with van der Waals surface area (Å²) in [6.07, 6.45) is -1.54. The zero-order valence-corrected chi connectivity index (χ0v) is 18.3. The van der Waals surface area contributed by atoms with Crippen molar-refractivity contribution >= 4 is 30.2 Å². The van der Waals surface area contributed by atoms with Gasteiger partial charge in [-0.15, -0.1) is 0 Å². The molecule has 0 aliphatic rings. The molecule has 0 saturated carbocycles. The lowest BCUT2D eigenvalue weighted by Crippen LogP contribution is -2.48. The predicted molar refractivity (Wildman–Crippen MR) is 106 cm³/mol. The van der Waals surface area contributed by atoms with Crippen molar-refractivity contribution in [3.05, 3.63) is 0 Å². The summed E-state index contributed by atoms with van der Waals surface area (Å²) in [5.41, 5.74) is 0. The maximum atomic E-state index is 12.1. The van der Waals surface area contributed by atoms with E-state index < -0.39 is 48.8 Å². The van der Waals surface area contributed by atoms with Crippen LogP contribution in [0.4, 0.5) is 0 Å². The number of hydrogen-bond donors (Lipinski definition) is 0. The summed E-state index contributed by atoms with van der Waals surface area (Å²) in [5, 5.41) is 0. The molecule has 3 atom stereocenters. The number of carbonyl (C=O) groups excluding carboxylic acids is 5. The Balaban J connectivity index is 5.70. The van der Waals surface area contributed by atoms with Crippen LogP contribution in [0.2, 0.25) is 0 Å². The third-order valence-electron chi connectivity index (χ3n) is 3.87. The summed E-state index contributed by atoms with van der Waals surface area (Å²) in [6.45, 7) is 6.66. The van der Waals surface area contributed by atoms with Crippen LogP contribution >= 0.6 is 0 Å². The normalized spacial score (nSPS) is 13.5. The van der Waals surface area contributed by atoms with E-state index in [2.05, 4.69) is 0 Å². The highest BCUT2D eigenvalue weighted by molar-refractivity contribution is 5.74. The number of hydrogen-bond acceptors (Lipinski definition) is 9. The fraction of sp³-hybridized carbons (Fsp3) is 0.762. The van der Waals surface area contributed by atoms with Crippen molar-refractivity contribution in [1.29, 1.82) is 0 Å². The molecule has 0 fully saturated rings. The number of esters is 4. The molecule has 172 valence electrons. The molecule has 9 heteroatoms. The Labute approximate surface area is 177 Å². The fourth-order valence-corrected chi connectivity index (χ4v) is 2.44. The van der Waals surface area contributed by atoms with Crippen LogP contribution < -0.4 is 0 Å². The smallest absolute Gasteiger partial charge is 0.306 e. The van der Waals surface area contributed by atoms with Crippen LogP contribution in [-0.4, -0.2) is 55.1 Å². The van der Waals surface area contributed by atoms with Crippen LogP contribution in [0.1, 0.15) is 79.1 Å². The maximum Gasteiger partial charge on any atom is 0.306 e. The number of aldehydes is 1. The van der Waals surface area contributed by atoms with Crippen molar-refractivity contribution in [1.82, 2.24) is 0 Å². The Morgan fingerprint density at radius 1 is 0.667 bits per heavy atom. The third kappa shape index (κ3) is 11.5. The Hall–Kier alpha value is -2.45. The van der Waals surface area contributed by atoms with E-state index in [4.69, 9.17) is 18.9 Å². The quantitative estimate of drug-likeness (QED) is 0.206. The summed E-state index contributed by atoms with van der Waals surface area (Å²) in [4.78, 5) is 59.6. The SMILES string of the molecule is CCCC(=O)OC[C@@H](OC(=O)CCC)[C@H](OC(=O)CCC)[C@H](C=O)OC(=O)CCC. The number of carbonyl (C=O) groups is 5. The highest BCUT2D eigenvalue weighted by Gasteiger charge is 2.39. The minimum atomic E-state index is -1.51. The number of ether oxygens (including phenoxy) is 4. The van der Waals surface area contributed by atoms with E-state index in [0.717, 1.165) is 0 Å². The second kappa shape index (κ2) is 16.4. The minimum absolute atomic E-state index is 0.0518. The molecule has 0 aliphatic carbocycles. The van der Waals surface area contributed by atoms with Crippen molar-refractivity contribution < 1.29 is 42.9 Å². The third-order valence-corrected chi connectivity index (χ3v) is 3.87. The monoisotopic (exact) mass is 430 g/mol. The summed E-state index contributed by atoms with van der Waals surface area (Å²) in [5.74, 6) is -2.46. The van der Waals surface area contributed by atoms with Gasteiger partial charge in [0.25, 0.3) is 0 Å². The van der Waals surface area contributed by atoms with Crippen LogP contribution in [0, 0.1) is 0 Å². The minimum Gasteiger partial charge on any atom is -0.462 e. The average molecular weight is 430 g/mol. The largest absolute Gasteiger partial charge is 0.462 e. The molecule has 0 aromatic rings. The molecule has 0 saturated heterocycles. The molecular formula is C21H34O9. The van der Waals surface area contributed by atoms with E-state index in [1.807, 2.05) is 0 Å². The first kappa shape index (κ1) is 27.5. The van der Waals surface area contributed by atoms with Crippen LogP contribution in [0.25, 0.3) is 0 Å². The molecule has 30 heavy (non-hydrogen) atoms. The van der Waals surface area contributed by atoms with E-state index in [-0.39, 0.29) is 25.7 Å².